The minimum absolute atomic E-state index is 0.0230. The van der Waals surface area contributed by atoms with Crippen molar-refractivity contribution in [2.75, 3.05) is 25.1 Å². The van der Waals surface area contributed by atoms with Gasteiger partial charge in [0.1, 0.15) is 6.73 Å². The fraction of sp³-hybridized carbons (Fsp3) is 0.458. The zero-order valence-electron chi connectivity index (χ0n) is 20.9. The molecule has 1 aromatic carbocycles. The molecule has 2 N–H and O–H groups in total. The summed E-state index contributed by atoms with van der Waals surface area (Å²) in [6.07, 6.45) is -0.617. The van der Waals surface area contributed by atoms with Crippen LogP contribution < -0.4 is 5.32 Å². The van der Waals surface area contributed by atoms with E-state index in [0.717, 1.165) is 29.4 Å². The average molecular weight is 521 g/mol. The van der Waals surface area contributed by atoms with Gasteiger partial charge >= 0.3 is 6.18 Å². The highest BCUT2D eigenvalue weighted by atomic mass is 28.3. The standard InChI is InChI=1S/C24H31F3N6O2Si/c1-16-13-30-32(15-35-10-11-36(2,3)4)21(16)20-14-29-23-22(28-8-5-9-34)31-18-12-17(24(25,26)27)6-7-19(18)33(20)23/h6-7,12-14,34H,5,8-11,15H2,1-4H3,(H,28,31). The van der Waals surface area contributed by atoms with Crippen molar-refractivity contribution in [1.82, 2.24) is 24.1 Å². The molecular weight excluding hydrogens is 489 g/mol. The molecule has 0 aliphatic carbocycles. The summed E-state index contributed by atoms with van der Waals surface area (Å²) in [6, 6.07) is 4.54. The van der Waals surface area contributed by atoms with Crippen molar-refractivity contribution >= 4 is 30.6 Å². The van der Waals surface area contributed by atoms with Gasteiger partial charge in [-0.25, -0.2) is 14.6 Å². The average Bonchev–Trinajstić information content (AvgIpc) is 3.38. The molecule has 8 nitrogen and oxygen atoms in total. The van der Waals surface area contributed by atoms with E-state index in [1.54, 1.807) is 21.5 Å². The molecule has 4 rings (SSSR count). The van der Waals surface area contributed by atoms with Gasteiger partial charge in [0.15, 0.2) is 11.5 Å². The Bertz CT molecular complexity index is 1360. The van der Waals surface area contributed by atoms with Crippen molar-refractivity contribution in [3.05, 3.63) is 41.7 Å². The van der Waals surface area contributed by atoms with Crippen LogP contribution >= 0.6 is 0 Å². The minimum atomic E-state index is -4.49. The van der Waals surface area contributed by atoms with Crippen LogP contribution in [0.3, 0.4) is 0 Å². The maximum absolute atomic E-state index is 13.4. The van der Waals surface area contributed by atoms with Gasteiger partial charge < -0.3 is 15.2 Å². The second kappa shape index (κ2) is 10.2. The SMILES string of the molecule is Cc1cnn(COCC[Si](C)(C)C)c1-c1cnc2c(NCCCO)nc3cc(C(F)(F)F)ccc3n12. The van der Waals surface area contributed by atoms with E-state index in [2.05, 4.69) is 40.0 Å². The third-order valence-electron chi connectivity index (χ3n) is 5.85. The number of anilines is 1. The molecule has 194 valence electrons. The van der Waals surface area contributed by atoms with E-state index in [-0.39, 0.29) is 18.9 Å². The first-order valence-corrected chi connectivity index (χ1v) is 15.5. The summed E-state index contributed by atoms with van der Waals surface area (Å²) in [4.78, 5) is 9.02. The van der Waals surface area contributed by atoms with Gasteiger partial charge in [0.05, 0.1) is 40.4 Å². The molecule has 0 radical (unpaired) electrons. The number of fused-ring (bicyclic) bond motifs is 3. The number of aliphatic hydroxyl groups excluding tert-OH is 1. The number of benzene rings is 1. The van der Waals surface area contributed by atoms with Crippen molar-refractivity contribution in [2.24, 2.45) is 0 Å². The Morgan fingerprint density at radius 1 is 1.17 bits per heavy atom. The molecule has 4 aromatic rings. The smallest absolute Gasteiger partial charge is 0.396 e. The summed E-state index contributed by atoms with van der Waals surface area (Å²) in [5.74, 6) is 0.344. The first-order valence-electron chi connectivity index (χ1n) is 11.8. The largest absolute Gasteiger partial charge is 0.416 e. The Morgan fingerprint density at radius 3 is 2.64 bits per heavy atom. The van der Waals surface area contributed by atoms with Gasteiger partial charge in [-0.3, -0.25) is 4.40 Å². The van der Waals surface area contributed by atoms with E-state index in [1.807, 2.05) is 6.92 Å². The van der Waals surface area contributed by atoms with Gasteiger partial charge in [-0.05, 0) is 43.2 Å². The Labute approximate surface area is 208 Å². The Hall–Kier alpha value is -2.96. The van der Waals surface area contributed by atoms with Crippen LogP contribution in [-0.2, 0) is 17.6 Å². The molecule has 0 spiro atoms. The number of hydrogen-bond acceptors (Lipinski definition) is 6. The van der Waals surface area contributed by atoms with Crippen LogP contribution in [0.25, 0.3) is 28.1 Å². The fourth-order valence-electron chi connectivity index (χ4n) is 3.92. The quantitative estimate of drug-likeness (QED) is 0.221. The molecule has 0 fully saturated rings. The van der Waals surface area contributed by atoms with Crippen LogP contribution in [0.5, 0.6) is 0 Å². The molecular formula is C24H31F3N6O2Si. The highest BCUT2D eigenvalue weighted by Crippen LogP contribution is 2.34. The van der Waals surface area contributed by atoms with E-state index >= 15 is 0 Å². The van der Waals surface area contributed by atoms with Crippen LogP contribution in [0, 0.1) is 6.92 Å². The van der Waals surface area contributed by atoms with E-state index in [4.69, 9.17) is 9.84 Å². The zero-order chi connectivity index (χ0) is 26.1. The summed E-state index contributed by atoms with van der Waals surface area (Å²) in [5, 5.41) is 16.7. The third kappa shape index (κ3) is 5.55. The van der Waals surface area contributed by atoms with Crippen molar-refractivity contribution in [3.8, 4) is 11.4 Å². The zero-order valence-corrected chi connectivity index (χ0v) is 21.9. The van der Waals surface area contributed by atoms with Crippen molar-refractivity contribution in [2.45, 2.75) is 51.9 Å². The van der Waals surface area contributed by atoms with Gasteiger partial charge in [0, 0.05) is 27.8 Å². The number of ether oxygens (including phenoxy) is 1. The molecule has 3 heterocycles. The summed E-state index contributed by atoms with van der Waals surface area (Å²) < 4.78 is 49.8. The molecule has 12 heteroatoms. The van der Waals surface area contributed by atoms with Gasteiger partial charge in [0.2, 0.25) is 0 Å². The molecule has 3 aromatic heterocycles. The van der Waals surface area contributed by atoms with Crippen molar-refractivity contribution in [3.63, 3.8) is 0 Å². The second-order valence-corrected chi connectivity index (χ2v) is 15.6. The Kier molecular flexibility index (Phi) is 7.39. The van der Waals surface area contributed by atoms with E-state index in [0.29, 0.717) is 42.2 Å². The monoisotopic (exact) mass is 520 g/mol. The lowest BCUT2D eigenvalue weighted by molar-refractivity contribution is -0.137. The van der Waals surface area contributed by atoms with E-state index in [1.165, 1.54) is 6.07 Å². The Morgan fingerprint density at radius 2 is 1.94 bits per heavy atom. The topological polar surface area (TPSA) is 89.5 Å². The van der Waals surface area contributed by atoms with Gasteiger partial charge in [-0.15, -0.1) is 0 Å². The summed E-state index contributed by atoms with van der Waals surface area (Å²) >= 11 is 0. The Balaban J connectivity index is 1.82. The number of nitrogens with zero attached hydrogens (tertiary/aromatic N) is 5. The maximum atomic E-state index is 13.4. The molecule has 0 amide bonds. The van der Waals surface area contributed by atoms with Crippen LogP contribution in [0.4, 0.5) is 19.0 Å². The number of imidazole rings is 1. The maximum Gasteiger partial charge on any atom is 0.416 e. The number of aryl methyl sites for hydroxylation is 1. The van der Waals surface area contributed by atoms with E-state index in [9.17, 15) is 13.2 Å². The van der Waals surface area contributed by atoms with Gasteiger partial charge in [0.25, 0.3) is 0 Å². The second-order valence-electron chi connectivity index (χ2n) is 9.99. The number of nitrogens with one attached hydrogen (secondary N) is 1. The minimum Gasteiger partial charge on any atom is -0.396 e. The fourth-order valence-corrected chi connectivity index (χ4v) is 4.68. The molecule has 0 atom stereocenters. The van der Waals surface area contributed by atoms with Crippen molar-refractivity contribution < 1.29 is 23.0 Å². The number of halogens is 3. The third-order valence-corrected chi connectivity index (χ3v) is 7.56. The summed E-state index contributed by atoms with van der Waals surface area (Å²) in [7, 11) is -1.24. The summed E-state index contributed by atoms with van der Waals surface area (Å²) in [6.45, 7) is 10.0. The first-order chi connectivity index (χ1) is 17.0. The van der Waals surface area contributed by atoms with E-state index < -0.39 is 19.8 Å². The molecule has 0 bridgehead atoms. The van der Waals surface area contributed by atoms with Crippen LogP contribution in [0.2, 0.25) is 25.7 Å². The predicted molar refractivity (Wildman–Crippen MR) is 136 cm³/mol. The number of rotatable bonds is 10. The molecule has 0 aliphatic rings. The lowest BCUT2D eigenvalue weighted by Crippen LogP contribution is -2.22. The highest BCUT2D eigenvalue weighted by Gasteiger charge is 2.31. The van der Waals surface area contributed by atoms with Crippen LogP contribution in [0.1, 0.15) is 17.5 Å². The molecule has 0 saturated carbocycles. The van der Waals surface area contributed by atoms with Gasteiger partial charge in [-0.2, -0.15) is 18.3 Å². The van der Waals surface area contributed by atoms with Crippen LogP contribution in [0.15, 0.2) is 30.6 Å². The molecule has 0 aliphatic heterocycles. The lowest BCUT2D eigenvalue weighted by Gasteiger charge is -2.16. The molecule has 0 saturated heterocycles. The summed E-state index contributed by atoms with van der Waals surface area (Å²) in [5.41, 5.74) is 2.69. The number of aromatic nitrogens is 5. The normalized spacial score (nSPS) is 12.7. The van der Waals surface area contributed by atoms with Gasteiger partial charge in [-0.1, -0.05) is 19.6 Å². The van der Waals surface area contributed by atoms with Crippen LogP contribution in [-0.4, -0.2) is 57.1 Å². The lowest BCUT2D eigenvalue weighted by atomic mass is 10.1. The number of aliphatic hydroxyl groups is 1. The highest BCUT2D eigenvalue weighted by molar-refractivity contribution is 6.76. The first kappa shape index (κ1) is 26.1. The predicted octanol–water partition coefficient (Wildman–Crippen LogP) is 5.18. The van der Waals surface area contributed by atoms with Crippen molar-refractivity contribution in [1.29, 1.82) is 0 Å². The molecule has 0 unspecified atom stereocenters. The molecule has 36 heavy (non-hydrogen) atoms. The number of hydrogen-bond donors (Lipinski definition) is 2. The number of alkyl halides is 3.